The van der Waals surface area contributed by atoms with E-state index in [2.05, 4.69) is 5.32 Å². The van der Waals surface area contributed by atoms with Crippen LogP contribution in [-0.2, 0) is 4.79 Å². The van der Waals surface area contributed by atoms with Gasteiger partial charge in [0.15, 0.2) is 0 Å². The van der Waals surface area contributed by atoms with Crippen LogP contribution in [0.5, 0.6) is 0 Å². The second-order valence-electron chi connectivity index (χ2n) is 3.63. The van der Waals surface area contributed by atoms with Gasteiger partial charge in [-0.15, -0.1) is 0 Å². The van der Waals surface area contributed by atoms with E-state index in [0.717, 1.165) is 32.4 Å². The summed E-state index contributed by atoms with van der Waals surface area (Å²) in [4.78, 5) is 8.90. The van der Waals surface area contributed by atoms with Crippen molar-refractivity contribution in [1.29, 1.82) is 0 Å². The van der Waals surface area contributed by atoms with Gasteiger partial charge in [0.25, 0.3) is 0 Å². The Morgan fingerprint density at radius 1 is 1.38 bits per heavy atom. The van der Waals surface area contributed by atoms with E-state index in [0.29, 0.717) is 0 Å². The summed E-state index contributed by atoms with van der Waals surface area (Å²) in [5, 5.41) is 20.0. The summed E-state index contributed by atoms with van der Waals surface area (Å²) in [6, 6.07) is 0. The maximum absolute atomic E-state index is 10.6. The van der Waals surface area contributed by atoms with Crippen molar-refractivity contribution < 1.29 is 28.2 Å². The maximum Gasteiger partial charge on any atom is 0.490 e. The van der Waals surface area contributed by atoms with E-state index < -0.39 is 12.1 Å². The number of nitrogens with one attached hydrogen (secondary N) is 1. The number of halogens is 3. The lowest BCUT2D eigenvalue weighted by atomic mass is 9.90. The molecule has 0 unspecified atom stereocenters. The Kier molecular flexibility index (Phi) is 5.74. The lowest BCUT2D eigenvalue weighted by Crippen LogP contribution is -2.41. The van der Waals surface area contributed by atoms with Crippen LogP contribution in [0.25, 0.3) is 0 Å². The molecule has 0 radical (unpaired) electrons. The van der Waals surface area contributed by atoms with Crippen molar-refractivity contribution in [1.82, 2.24) is 5.32 Å². The van der Waals surface area contributed by atoms with Crippen LogP contribution < -0.4 is 5.32 Å². The zero-order chi connectivity index (χ0) is 12.8. The molecule has 0 spiro atoms. The van der Waals surface area contributed by atoms with Gasteiger partial charge in [-0.25, -0.2) is 4.79 Å². The predicted octanol–water partition coefficient (Wildman–Crippen LogP) is 1.14. The van der Waals surface area contributed by atoms with Gasteiger partial charge in [0.05, 0.1) is 5.60 Å². The molecule has 1 aliphatic heterocycles. The second-order valence-corrected chi connectivity index (χ2v) is 3.63. The van der Waals surface area contributed by atoms with Crippen LogP contribution in [-0.4, -0.2) is 41.0 Å². The van der Waals surface area contributed by atoms with Gasteiger partial charge in [0.1, 0.15) is 0 Å². The molecule has 3 N–H and O–H groups in total. The summed E-state index contributed by atoms with van der Waals surface area (Å²) in [7, 11) is 0. The second kappa shape index (κ2) is 6.05. The fraction of sp³-hybridized carbons (Fsp3) is 0.889. The van der Waals surface area contributed by atoms with E-state index in [4.69, 9.17) is 9.90 Å². The first kappa shape index (κ1) is 15.2. The van der Waals surface area contributed by atoms with Gasteiger partial charge in [0, 0.05) is 0 Å². The molecule has 0 aromatic heterocycles. The van der Waals surface area contributed by atoms with Crippen LogP contribution in [0.1, 0.15) is 26.2 Å². The number of carboxylic acid groups (broad SMARTS) is 1. The van der Waals surface area contributed by atoms with Crippen LogP contribution in [0.4, 0.5) is 13.2 Å². The molecule has 0 aliphatic carbocycles. The number of carboxylic acids is 1. The van der Waals surface area contributed by atoms with Crippen LogP contribution >= 0.6 is 0 Å². The molecule has 4 nitrogen and oxygen atoms in total. The molecule has 16 heavy (non-hydrogen) atoms. The fourth-order valence-corrected chi connectivity index (χ4v) is 1.25. The summed E-state index contributed by atoms with van der Waals surface area (Å²) >= 11 is 0. The Hall–Kier alpha value is -0.820. The van der Waals surface area contributed by atoms with Gasteiger partial charge in [0.2, 0.25) is 0 Å². The van der Waals surface area contributed by atoms with Crippen molar-refractivity contribution in [3.05, 3.63) is 0 Å². The average Bonchev–Trinajstić information content (AvgIpc) is 2.18. The van der Waals surface area contributed by atoms with Crippen LogP contribution in [0.15, 0.2) is 0 Å². The van der Waals surface area contributed by atoms with Crippen LogP contribution in [0, 0.1) is 0 Å². The quantitative estimate of drug-likeness (QED) is 0.646. The van der Waals surface area contributed by atoms with Crippen molar-refractivity contribution in [3.8, 4) is 0 Å². The molecule has 0 aromatic rings. The van der Waals surface area contributed by atoms with Crippen molar-refractivity contribution in [2.45, 2.75) is 38.0 Å². The average molecular weight is 243 g/mol. The highest BCUT2D eigenvalue weighted by atomic mass is 19.4. The predicted molar refractivity (Wildman–Crippen MR) is 51.0 cm³/mol. The van der Waals surface area contributed by atoms with E-state index in [1.165, 1.54) is 0 Å². The number of alkyl halides is 3. The van der Waals surface area contributed by atoms with Crippen LogP contribution in [0.3, 0.4) is 0 Å². The van der Waals surface area contributed by atoms with E-state index in [1.54, 1.807) is 0 Å². The minimum atomic E-state index is -5.08. The molecule has 1 heterocycles. The topological polar surface area (TPSA) is 69.6 Å². The van der Waals surface area contributed by atoms with Crippen molar-refractivity contribution in [2.75, 3.05) is 13.1 Å². The Morgan fingerprint density at radius 3 is 1.94 bits per heavy atom. The van der Waals surface area contributed by atoms with Gasteiger partial charge in [-0.1, -0.05) is 6.92 Å². The third-order valence-corrected chi connectivity index (χ3v) is 2.43. The first-order valence-electron chi connectivity index (χ1n) is 4.94. The Labute approximate surface area is 91.5 Å². The van der Waals surface area contributed by atoms with Gasteiger partial charge < -0.3 is 15.5 Å². The standard InChI is InChI=1S/C7H15NO.C2HF3O2/c1-2-7(9)3-5-8-6-4-7;3-2(4,5)1(6)7/h8-9H,2-6H2,1H3;(H,6,7). The number of aliphatic carboxylic acids is 1. The van der Waals surface area contributed by atoms with Crippen molar-refractivity contribution >= 4 is 5.97 Å². The summed E-state index contributed by atoms with van der Waals surface area (Å²) in [6.45, 7) is 4.00. The fourth-order valence-electron chi connectivity index (χ4n) is 1.25. The first-order chi connectivity index (χ1) is 7.21. The number of rotatable bonds is 1. The monoisotopic (exact) mass is 243 g/mol. The molecule has 96 valence electrons. The molecular weight excluding hydrogens is 227 g/mol. The Morgan fingerprint density at radius 2 is 1.75 bits per heavy atom. The molecule has 1 saturated heterocycles. The highest BCUT2D eigenvalue weighted by molar-refractivity contribution is 5.73. The van der Waals surface area contributed by atoms with Crippen molar-refractivity contribution in [3.63, 3.8) is 0 Å². The van der Waals surface area contributed by atoms with Crippen LogP contribution in [0.2, 0.25) is 0 Å². The molecule has 0 saturated carbocycles. The molecule has 7 heteroatoms. The third-order valence-electron chi connectivity index (χ3n) is 2.43. The van der Waals surface area contributed by atoms with Gasteiger partial charge in [-0.2, -0.15) is 13.2 Å². The minimum absolute atomic E-state index is 0.342. The smallest absolute Gasteiger partial charge is 0.475 e. The number of aliphatic hydroxyl groups is 1. The summed E-state index contributed by atoms with van der Waals surface area (Å²) in [5.41, 5.74) is -0.342. The lowest BCUT2D eigenvalue weighted by Gasteiger charge is -2.31. The van der Waals surface area contributed by atoms with Crippen molar-refractivity contribution in [2.24, 2.45) is 0 Å². The highest BCUT2D eigenvalue weighted by Gasteiger charge is 2.38. The Bertz CT molecular complexity index is 225. The molecule has 0 amide bonds. The van der Waals surface area contributed by atoms with E-state index in [9.17, 15) is 18.3 Å². The van der Waals surface area contributed by atoms with E-state index in [-0.39, 0.29) is 5.60 Å². The molecule has 1 rings (SSSR count). The van der Waals surface area contributed by atoms with Gasteiger partial charge >= 0.3 is 12.1 Å². The molecule has 0 bridgehead atoms. The Balaban J connectivity index is 0.000000293. The number of hydrogen-bond acceptors (Lipinski definition) is 3. The zero-order valence-electron chi connectivity index (χ0n) is 8.97. The molecule has 0 atom stereocenters. The largest absolute Gasteiger partial charge is 0.490 e. The zero-order valence-corrected chi connectivity index (χ0v) is 8.97. The summed E-state index contributed by atoms with van der Waals surface area (Å²) in [6.07, 6.45) is -2.35. The SMILES string of the molecule is CCC1(O)CCNCC1.O=C(O)C(F)(F)F. The molecule has 1 fully saturated rings. The van der Waals surface area contributed by atoms with Gasteiger partial charge in [-0.3, -0.25) is 0 Å². The van der Waals surface area contributed by atoms with E-state index >= 15 is 0 Å². The molecule has 1 aliphatic rings. The molecular formula is C9H16F3NO3. The van der Waals surface area contributed by atoms with E-state index in [1.807, 2.05) is 6.92 Å². The number of hydrogen-bond donors (Lipinski definition) is 3. The first-order valence-corrected chi connectivity index (χ1v) is 4.94. The maximum atomic E-state index is 10.6. The highest BCUT2D eigenvalue weighted by Crippen LogP contribution is 2.20. The summed E-state index contributed by atoms with van der Waals surface area (Å²) < 4.78 is 31.7. The lowest BCUT2D eigenvalue weighted by molar-refractivity contribution is -0.192. The summed E-state index contributed by atoms with van der Waals surface area (Å²) in [5.74, 6) is -2.76. The number of piperidine rings is 1. The van der Waals surface area contributed by atoms with Gasteiger partial charge in [-0.05, 0) is 32.4 Å². The number of carbonyl (C=O) groups is 1. The normalized spacial score (nSPS) is 19.6. The minimum Gasteiger partial charge on any atom is -0.475 e. The molecule has 0 aromatic carbocycles. The third kappa shape index (κ3) is 5.92.